The number of aromatic nitrogens is 4. The minimum atomic E-state index is -0.372. The topological polar surface area (TPSA) is 93.8 Å². The Morgan fingerprint density at radius 2 is 2.05 bits per heavy atom. The molecule has 0 aromatic carbocycles. The minimum absolute atomic E-state index is 0.0886. The smallest absolute Gasteiger partial charge is 0.272 e. The van der Waals surface area contributed by atoms with Gasteiger partial charge in [-0.25, -0.2) is 0 Å². The minimum Gasteiger partial charge on any atom is -0.350 e. The number of amides is 2. The van der Waals surface area contributed by atoms with Crippen LogP contribution in [0.15, 0.2) is 18.5 Å². The Kier molecular flexibility index (Phi) is 4.36. The quantitative estimate of drug-likeness (QED) is 0.777. The molecule has 2 rings (SSSR count). The first-order valence-corrected chi connectivity index (χ1v) is 6.49. The van der Waals surface area contributed by atoms with E-state index in [1.807, 2.05) is 14.0 Å². The molecule has 0 aliphatic rings. The van der Waals surface area contributed by atoms with Gasteiger partial charge in [-0.2, -0.15) is 10.2 Å². The molecule has 2 N–H and O–H groups in total. The number of nitrogens with one attached hydrogen (secondary N) is 2. The zero-order chi connectivity index (χ0) is 15.4. The number of carbonyl (C=O) groups is 2. The highest BCUT2D eigenvalue weighted by Gasteiger charge is 2.11. The summed E-state index contributed by atoms with van der Waals surface area (Å²) in [6.07, 6.45) is 3.38. The van der Waals surface area contributed by atoms with E-state index in [9.17, 15) is 9.59 Å². The molecule has 0 aliphatic carbocycles. The molecule has 0 bridgehead atoms. The monoisotopic (exact) mass is 290 g/mol. The molecule has 2 heterocycles. The van der Waals surface area contributed by atoms with Crippen LogP contribution in [-0.4, -0.2) is 37.9 Å². The van der Waals surface area contributed by atoms with Crippen LogP contribution >= 0.6 is 0 Å². The van der Waals surface area contributed by atoms with Crippen molar-refractivity contribution in [2.24, 2.45) is 14.1 Å². The molecule has 8 heteroatoms. The lowest BCUT2D eigenvalue weighted by Gasteiger charge is -2.06. The number of nitrogens with zero attached hydrogens (tertiary/aromatic N) is 4. The standard InChI is InChI=1S/C13H18N6O2/c1-9-10(7-16-19(9)3)6-14-12(20)8-15-13(21)11-4-5-18(2)17-11/h4-5,7H,6,8H2,1-3H3,(H,14,20)(H,15,21). The average Bonchev–Trinajstić information content (AvgIpc) is 3.02. The van der Waals surface area contributed by atoms with Gasteiger partial charge in [-0.1, -0.05) is 0 Å². The van der Waals surface area contributed by atoms with Crippen molar-refractivity contribution in [2.45, 2.75) is 13.5 Å². The van der Waals surface area contributed by atoms with Crippen LogP contribution in [0.2, 0.25) is 0 Å². The molecule has 0 atom stereocenters. The zero-order valence-electron chi connectivity index (χ0n) is 12.3. The number of aryl methyl sites for hydroxylation is 2. The second-order valence-electron chi connectivity index (χ2n) is 4.71. The second-order valence-corrected chi connectivity index (χ2v) is 4.71. The van der Waals surface area contributed by atoms with Gasteiger partial charge in [0.05, 0.1) is 12.7 Å². The zero-order valence-corrected chi connectivity index (χ0v) is 12.3. The molecule has 0 spiro atoms. The van der Waals surface area contributed by atoms with E-state index in [0.717, 1.165) is 11.3 Å². The van der Waals surface area contributed by atoms with E-state index in [0.29, 0.717) is 6.54 Å². The lowest BCUT2D eigenvalue weighted by Crippen LogP contribution is -2.36. The number of hydrogen-bond acceptors (Lipinski definition) is 4. The predicted octanol–water partition coefficient (Wildman–Crippen LogP) is -0.492. The molecule has 8 nitrogen and oxygen atoms in total. The van der Waals surface area contributed by atoms with Crippen molar-refractivity contribution in [3.63, 3.8) is 0 Å². The van der Waals surface area contributed by atoms with E-state index in [2.05, 4.69) is 20.8 Å². The molecule has 0 saturated carbocycles. The van der Waals surface area contributed by atoms with Gasteiger partial charge in [0.1, 0.15) is 5.69 Å². The molecule has 0 unspecified atom stereocenters. The van der Waals surface area contributed by atoms with Crippen LogP contribution in [-0.2, 0) is 25.4 Å². The van der Waals surface area contributed by atoms with E-state index < -0.39 is 0 Å². The Hall–Kier alpha value is -2.64. The lowest BCUT2D eigenvalue weighted by atomic mass is 10.2. The van der Waals surface area contributed by atoms with Crippen molar-refractivity contribution in [3.8, 4) is 0 Å². The van der Waals surface area contributed by atoms with Crippen LogP contribution in [0.3, 0.4) is 0 Å². The average molecular weight is 290 g/mol. The van der Waals surface area contributed by atoms with Gasteiger partial charge in [0, 0.05) is 38.1 Å². The SMILES string of the molecule is Cc1c(CNC(=O)CNC(=O)c2ccn(C)n2)cnn1C. The lowest BCUT2D eigenvalue weighted by molar-refractivity contribution is -0.120. The molecular weight excluding hydrogens is 272 g/mol. The largest absolute Gasteiger partial charge is 0.350 e. The number of rotatable bonds is 5. The maximum absolute atomic E-state index is 11.7. The molecular formula is C13H18N6O2. The van der Waals surface area contributed by atoms with E-state index in [1.165, 1.54) is 4.68 Å². The van der Waals surface area contributed by atoms with E-state index in [1.54, 1.807) is 30.2 Å². The maximum atomic E-state index is 11.7. The van der Waals surface area contributed by atoms with Gasteiger partial charge in [-0.15, -0.1) is 0 Å². The summed E-state index contributed by atoms with van der Waals surface area (Å²) in [7, 11) is 3.56. The van der Waals surface area contributed by atoms with Gasteiger partial charge >= 0.3 is 0 Å². The molecule has 112 valence electrons. The van der Waals surface area contributed by atoms with Crippen molar-refractivity contribution in [1.29, 1.82) is 0 Å². The fraction of sp³-hybridized carbons (Fsp3) is 0.385. The molecule has 0 saturated heterocycles. The van der Waals surface area contributed by atoms with Gasteiger partial charge in [-0.05, 0) is 13.0 Å². The van der Waals surface area contributed by atoms with Gasteiger partial charge in [0.2, 0.25) is 5.91 Å². The molecule has 0 aliphatic heterocycles. The van der Waals surface area contributed by atoms with E-state index in [-0.39, 0.29) is 24.1 Å². The van der Waals surface area contributed by atoms with Crippen molar-refractivity contribution in [2.75, 3.05) is 6.54 Å². The van der Waals surface area contributed by atoms with Crippen molar-refractivity contribution < 1.29 is 9.59 Å². The molecule has 0 radical (unpaired) electrons. The molecule has 0 fully saturated rings. The third-order valence-electron chi connectivity index (χ3n) is 3.17. The summed E-state index contributed by atoms with van der Waals surface area (Å²) < 4.78 is 3.27. The van der Waals surface area contributed by atoms with Gasteiger partial charge in [0.15, 0.2) is 0 Å². The number of carbonyl (C=O) groups excluding carboxylic acids is 2. The summed E-state index contributed by atoms with van der Waals surface area (Å²) in [4.78, 5) is 23.4. The summed E-state index contributed by atoms with van der Waals surface area (Å²) in [5, 5.41) is 13.3. The third-order valence-corrected chi connectivity index (χ3v) is 3.17. The third kappa shape index (κ3) is 3.68. The van der Waals surface area contributed by atoms with Gasteiger partial charge in [-0.3, -0.25) is 19.0 Å². The molecule has 2 aromatic heterocycles. The molecule has 21 heavy (non-hydrogen) atoms. The first-order chi connectivity index (χ1) is 9.97. The van der Waals surface area contributed by atoms with E-state index in [4.69, 9.17) is 0 Å². The Labute approximate surface area is 122 Å². The van der Waals surface area contributed by atoms with Crippen LogP contribution in [0.25, 0.3) is 0 Å². The van der Waals surface area contributed by atoms with Crippen molar-refractivity contribution in [1.82, 2.24) is 30.2 Å². The Morgan fingerprint density at radius 3 is 2.62 bits per heavy atom. The Balaban J connectivity index is 1.77. The fourth-order valence-corrected chi connectivity index (χ4v) is 1.76. The highest BCUT2D eigenvalue weighted by atomic mass is 16.2. The van der Waals surface area contributed by atoms with Crippen molar-refractivity contribution in [3.05, 3.63) is 35.4 Å². The van der Waals surface area contributed by atoms with E-state index >= 15 is 0 Å². The second kappa shape index (κ2) is 6.21. The summed E-state index contributed by atoms with van der Waals surface area (Å²) in [5.74, 6) is -0.633. The maximum Gasteiger partial charge on any atom is 0.272 e. The highest BCUT2D eigenvalue weighted by molar-refractivity contribution is 5.94. The van der Waals surface area contributed by atoms with Crippen LogP contribution in [0, 0.1) is 6.92 Å². The van der Waals surface area contributed by atoms with Crippen LogP contribution in [0.4, 0.5) is 0 Å². The molecule has 2 aromatic rings. The van der Waals surface area contributed by atoms with Gasteiger partial charge < -0.3 is 10.6 Å². The Morgan fingerprint density at radius 1 is 1.29 bits per heavy atom. The molecule has 2 amide bonds. The van der Waals surface area contributed by atoms with Crippen LogP contribution < -0.4 is 10.6 Å². The normalized spacial score (nSPS) is 10.4. The predicted molar refractivity (Wildman–Crippen MR) is 75.3 cm³/mol. The summed E-state index contributed by atoms with van der Waals surface area (Å²) in [5.41, 5.74) is 2.23. The summed E-state index contributed by atoms with van der Waals surface area (Å²) in [6.45, 7) is 2.23. The van der Waals surface area contributed by atoms with Crippen LogP contribution in [0.1, 0.15) is 21.7 Å². The number of hydrogen-bond donors (Lipinski definition) is 2. The van der Waals surface area contributed by atoms with Crippen molar-refractivity contribution >= 4 is 11.8 Å². The van der Waals surface area contributed by atoms with Gasteiger partial charge in [0.25, 0.3) is 5.91 Å². The summed E-state index contributed by atoms with van der Waals surface area (Å²) in [6, 6.07) is 1.59. The van der Waals surface area contributed by atoms with Crippen LogP contribution in [0.5, 0.6) is 0 Å². The first-order valence-electron chi connectivity index (χ1n) is 6.49. The summed E-state index contributed by atoms with van der Waals surface area (Å²) >= 11 is 0. The Bertz CT molecular complexity index is 657. The highest BCUT2D eigenvalue weighted by Crippen LogP contribution is 2.04. The fourth-order valence-electron chi connectivity index (χ4n) is 1.76. The first kappa shape index (κ1) is 14.8.